The Labute approximate surface area is 146 Å². The molecule has 0 fully saturated rings. The van der Waals surface area contributed by atoms with Gasteiger partial charge >= 0.3 is 0 Å². The van der Waals surface area contributed by atoms with Crippen molar-refractivity contribution < 1.29 is 0 Å². The van der Waals surface area contributed by atoms with Gasteiger partial charge in [0.05, 0.1) is 12.6 Å². The van der Waals surface area contributed by atoms with Gasteiger partial charge in [0.15, 0.2) is 5.96 Å². The van der Waals surface area contributed by atoms with Crippen LogP contribution in [0.2, 0.25) is 0 Å². The Hall–Kier alpha value is -0.820. The summed E-state index contributed by atoms with van der Waals surface area (Å²) in [5.74, 6) is 0.521. The molecule has 0 spiro atoms. The molecule has 1 atom stereocenters. The first kappa shape index (κ1) is 20.2. The van der Waals surface area contributed by atoms with E-state index in [1.54, 1.807) is 0 Å². The molecule has 0 heterocycles. The molecular weight excluding hydrogens is 375 g/mol. The first-order valence-electron chi connectivity index (χ1n) is 7.43. The molecule has 5 heteroatoms. The molecule has 0 saturated heterocycles. The summed E-state index contributed by atoms with van der Waals surface area (Å²) in [5.41, 5.74) is 7.19. The maximum Gasteiger partial charge on any atom is 0.188 e. The summed E-state index contributed by atoms with van der Waals surface area (Å²) < 4.78 is 0. The molecule has 21 heavy (non-hydrogen) atoms. The van der Waals surface area contributed by atoms with Gasteiger partial charge in [0.2, 0.25) is 0 Å². The number of nitrogens with two attached hydrogens (primary N) is 1. The van der Waals surface area contributed by atoms with E-state index in [-0.39, 0.29) is 30.0 Å². The Morgan fingerprint density at radius 1 is 1.19 bits per heavy atom. The van der Waals surface area contributed by atoms with Gasteiger partial charge in [-0.3, -0.25) is 9.89 Å². The summed E-state index contributed by atoms with van der Waals surface area (Å²) in [4.78, 5) is 6.90. The fraction of sp³-hybridized carbons (Fsp3) is 0.562. The molecule has 120 valence electrons. The number of guanidine groups is 1. The van der Waals surface area contributed by atoms with Crippen LogP contribution < -0.4 is 11.1 Å². The molecule has 0 aliphatic heterocycles. The number of hydrogen-bond donors (Lipinski definition) is 2. The number of nitrogens with zero attached hydrogens (tertiary/aromatic N) is 2. The molecule has 0 aliphatic carbocycles. The molecule has 0 bridgehead atoms. The van der Waals surface area contributed by atoms with Crippen LogP contribution in [0.15, 0.2) is 35.3 Å². The number of rotatable bonds is 7. The highest BCUT2D eigenvalue weighted by molar-refractivity contribution is 14.0. The molecule has 4 nitrogen and oxygen atoms in total. The van der Waals surface area contributed by atoms with Gasteiger partial charge in [-0.05, 0) is 32.5 Å². The van der Waals surface area contributed by atoms with Crippen LogP contribution in [0.4, 0.5) is 0 Å². The van der Waals surface area contributed by atoms with Gasteiger partial charge in [-0.15, -0.1) is 24.0 Å². The number of aliphatic imine (C=N–C) groups is 1. The lowest BCUT2D eigenvalue weighted by atomic mass is 10.1. The van der Waals surface area contributed by atoms with Gasteiger partial charge in [-0.2, -0.15) is 0 Å². The maximum atomic E-state index is 5.90. The van der Waals surface area contributed by atoms with Crippen molar-refractivity contribution in [1.82, 2.24) is 10.2 Å². The zero-order chi connectivity index (χ0) is 15.0. The number of benzene rings is 1. The second kappa shape index (κ2) is 10.8. The molecule has 0 amide bonds. The standard InChI is InChI=1S/C16H28N4.HI/c1-5-20(6-2)15(14-10-8-7-9-11-14)12-18-16(17)19-13(3)4;/h7-11,13,15H,5-6,12H2,1-4H3,(H3,17,18,19);1H. The zero-order valence-electron chi connectivity index (χ0n) is 13.5. The normalized spacial score (nSPS) is 13.1. The van der Waals surface area contributed by atoms with Crippen molar-refractivity contribution in [3.63, 3.8) is 0 Å². The van der Waals surface area contributed by atoms with Crippen molar-refractivity contribution in [3.8, 4) is 0 Å². The topological polar surface area (TPSA) is 53.6 Å². The van der Waals surface area contributed by atoms with Crippen LogP contribution >= 0.6 is 24.0 Å². The van der Waals surface area contributed by atoms with Crippen molar-refractivity contribution in [1.29, 1.82) is 0 Å². The van der Waals surface area contributed by atoms with Crippen molar-refractivity contribution in [2.45, 2.75) is 39.8 Å². The fourth-order valence-electron chi connectivity index (χ4n) is 2.30. The van der Waals surface area contributed by atoms with E-state index in [0.717, 1.165) is 13.1 Å². The van der Waals surface area contributed by atoms with E-state index < -0.39 is 0 Å². The monoisotopic (exact) mass is 404 g/mol. The summed E-state index contributed by atoms with van der Waals surface area (Å²) in [7, 11) is 0. The Morgan fingerprint density at radius 2 is 1.76 bits per heavy atom. The van der Waals surface area contributed by atoms with Crippen LogP contribution in [0.1, 0.15) is 39.3 Å². The molecule has 0 saturated carbocycles. The molecule has 1 rings (SSSR count). The number of likely N-dealkylation sites (N-methyl/N-ethyl adjacent to an activating group) is 1. The van der Waals surface area contributed by atoms with Crippen molar-refractivity contribution in [2.75, 3.05) is 19.6 Å². The Balaban J connectivity index is 0.00000400. The first-order valence-corrected chi connectivity index (χ1v) is 7.43. The van der Waals surface area contributed by atoms with E-state index in [2.05, 4.69) is 67.2 Å². The lowest BCUT2D eigenvalue weighted by molar-refractivity contribution is 0.224. The number of halogens is 1. The van der Waals surface area contributed by atoms with Crippen LogP contribution in [0.3, 0.4) is 0 Å². The van der Waals surface area contributed by atoms with Crippen LogP contribution in [0.25, 0.3) is 0 Å². The predicted molar refractivity (Wildman–Crippen MR) is 102 cm³/mol. The van der Waals surface area contributed by atoms with E-state index >= 15 is 0 Å². The van der Waals surface area contributed by atoms with E-state index in [9.17, 15) is 0 Å². The highest BCUT2D eigenvalue weighted by Crippen LogP contribution is 2.20. The minimum absolute atomic E-state index is 0. The highest BCUT2D eigenvalue weighted by Gasteiger charge is 2.17. The Bertz CT molecular complexity index is 402. The SMILES string of the molecule is CCN(CC)C(CN=C(N)NC(C)C)c1ccccc1.I. The van der Waals surface area contributed by atoms with E-state index in [1.165, 1.54) is 5.56 Å². The Kier molecular flexibility index (Phi) is 10.4. The van der Waals surface area contributed by atoms with Crippen molar-refractivity contribution in [3.05, 3.63) is 35.9 Å². The molecule has 3 N–H and O–H groups in total. The van der Waals surface area contributed by atoms with E-state index in [0.29, 0.717) is 18.5 Å². The quantitative estimate of drug-likeness (QED) is 0.417. The average Bonchev–Trinajstić information content (AvgIpc) is 2.43. The predicted octanol–water partition coefficient (Wildman–Crippen LogP) is 3.00. The van der Waals surface area contributed by atoms with Crippen LogP contribution in [-0.2, 0) is 0 Å². The van der Waals surface area contributed by atoms with Crippen molar-refractivity contribution in [2.24, 2.45) is 10.7 Å². The smallest absolute Gasteiger partial charge is 0.188 e. The third kappa shape index (κ3) is 7.13. The van der Waals surface area contributed by atoms with Crippen LogP contribution in [-0.4, -0.2) is 36.5 Å². The molecule has 0 radical (unpaired) electrons. The summed E-state index contributed by atoms with van der Waals surface area (Å²) in [6.45, 7) is 11.2. The fourth-order valence-corrected chi connectivity index (χ4v) is 2.30. The highest BCUT2D eigenvalue weighted by atomic mass is 127. The van der Waals surface area contributed by atoms with Crippen LogP contribution in [0.5, 0.6) is 0 Å². The van der Waals surface area contributed by atoms with Gasteiger partial charge in [0, 0.05) is 6.04 Å². The first-order chi connectivity index (χ1) is 9.58. The number of hydrogen-bond acceptors (Lipinski definition) is 2. The molecule has 0 aromatic heterocycles. The van der Waals surface area contributed by atoms with Crippen LogP contribution in [0, 0.1) is 0 Å². The summed E-state index contributed by atoms with van der Waals surface area (Å²) in [6, 6.07) is 11.1. The minimum atomic E-state index is 0. The molecule has 1 unspecified atom stereocenters. The van der Waals surface area contributed by atoms with Gasteiger partial charge in [0.1, 0.15) is 0 Å². The van der Waals surface area contributed by atoms with Crippen molar-refractivity contribution >= 4 is 29.9 Å². The molecule has 0 aliphatic rings. The lowest BCUT2D eigenvalue weighted by Crippen LogP contribution is -2.38. The largest absolute Gasteiger partial charge is 0.370 e. The second-order valence-electron chi connectivity index (χ2n) is 5.17. The number of nitrogens with one attached hydrogen (secondary N) is 1. The summed E-state index contributed by atoms with van der Waals surface area (Å²) in [5, 5.41) is 3.13. The summed E-state index contributed by atoms with van der Waals surface area (Å²) in [6.07, 6.45) is 0. The van der Waals surface area contributed by atoms with E-state index in [1.807, 2.05) is 6.07 Å². The third-order valence-electron chi connectivity index (χ3n) is 3.31. The lowest BCUT2D eigenvalue weighted by Gasteiger charge is -2.29. The Morgan fingerprint density at radius 3 is 2.24 bits per heavy atom. The minimum Gasteiger partial charge on any atom is -0.370 e. The zero-order valence-corrected chi connectivity index (χ0v) is 15.9. The third-order valence-corrected chi connectivity index (χ3v) is 3.31. The van der Waals surface area contributed by atoms with Gasteiger partial charge in [0.25, 0.3) is 0 Å². The maximum absolute atomic E-state index is 5.90. The summed E-state index contributed by atoms with van der Waals surface area (Å²) >= 11 is 0. The second-order valence-corrected chi connectivity index (χ2v) is 5.17. The van der Waals surface area contributed by atoms with E-state index in [4.69, 9.17) is 5.73 Å². The van der Waals surface area contributed by atoms with Gasteiger partial charge < -0.3 is 11.1 Å². The molecule has 1 aromatic carbocycles. The molecule has 1 aromatic rings. The van der Waals surface area contributed by atoms with Gasteiger partial charge in [-0.25, -0.2) is 0 Å². The van der Waals surface area contributed by atoms with Gasteiger partial charge in [-0.1, -0.05) is 44.2 Å². The molecular formula is C16H29IN4. The average molecular weight is 404 g/mol.